The lowest BCUT2D eigenvalue weighted by Gasteiger charge is -2.13. The van der Waals surface area contributed by atoms with Crippen LogP contribution in [0.2, 0.25) is 5.02 Å². The van der Waals surface area contributed by atoms with Gasteiger partial charge >= 0.3 is 0 Å². The normalized spacial score (nSPS) is 12.3. The van der Waals surface area contributed by atoms with Gasteiger partial charge in [0, 0.05) is 21.7 Å². The molecule has 2 aromatic heterocycles. The van der Waals surface area contributed by atoms with E-state index >= 15 is 0 Å². The Labute approximate surface area is 205 Å². The summed E-state index contributed by atoms with van der Waals surface area (Å²) in [7, 11) is 0. The van der Waals surface area contributed by atoms with Gasteiger partial charge in [-0.2, -0.15) is 0 Å². The molecule has 0 radical (unpaired) electrons. The highest BCUT2D eigenvalue weighted by Gasteiger charge is 2.19. The van der Waals surface area contributed by atoms with Gasteiger partial charge in [-0.1, -0.05) is 67.5 Å². The Morgan fingerprint density at radius 3 is 2.58 bits per heavy atom. The number of aromatic nitrogens is 2. The van der Waals surface area contributed by atoms with E-state index in [9.17, 15) is 9.59 Å². The van der Waals surface area contributed by atoms with E-state index in [1.807, 2.05) is 30.5 Å². The second-order valence-electron chi connectivity index (χ2n) is 8.14. The third-order valence-electron chi connectivity index (χ3n) is 5.49. The zero-order chi connectivity index (χ0) is 23.7. The predicted molar refractivity (Wildman–Crippen MR) is 140 cm³/mol. The van der Waals surface area contributed by atoms with Gasteiger partial charge in [-0.05, 0) is 48.6 Å². The van der Waals surface area contributed by atoms with Crippen LogP contribution in [-0.2, 0) is 4.79 Å². The van der Waals surface area contributed by atoms with Crippen molar-refractivity contribution >= 4 is 56.5 Å². The first-order valence-electron chi connectivity index (χ1n) is 10.6. The van der Waals surface area contributed by atoms with Crippen LogP contribution >= 0.6 is 34.7 Å². The Bertz CT molecular complexity index is 1380. The maximum absolute atomic E-state index is 12.9. The summed E-state index contributed by atoms with van der Waals surface area (Å²) < 4.78 is 0. The van der Waals surface area contributed by atoms with Gasteiger partial charge in [-0.25, -0.2) is 4.98 Å². The van der Waals surface area contributed by atoms with Crippen LogP contribution < -0.4 is 10.9 Å². The lowest BCUT2D eigenvalue weighted by Crippen LogP contribution is -2.23. The van der Waals surface area contributed by atoms with E-state index in [1.165, 1.54) is 28.7 Å². The third-order valence-corrected chi connectivity index (χ3v) is 7.76. The molecule has 2 heterocycles. The molecule has 2 aromatic carbocycles. The van der Waals surface area contributed by atoms with Crippen LogP contribution in [0, 0.1) is 6.92 Å². The van der Waals surface area contributed by atoms with E-state index in [-0.39, 0.29) is 11.5 Å². The minimum atomic E-state index is -0.466. The number of anilines is 1. The molecule has 1 unspecified atom stereocenters. The van der Waals surface area contributed by atoms with Crippen LogP contribution in [-0.4, -0.2) is 21.1 Å². The van der Waals surface area contributed by atoms with E-state index in [0.29, 0.717) is 32.0 Å². The number of amides is 1. The summed E-state index contributed by atoms with van der Waals surface area (Å²) >= 11 is 8.79. The van der Waals surface area contributed by atoms with Gasteiger partial charge in [0.05, 0.1) is 10.6 Å². The summed E-state index contributed by atoms with van der Waals surface area (Å²) in [5, 5.41) is 5.99. The number of carbonyl (C=O) groups is 1. The predicted octanol–water partition coefficient (Wildman–Crippen LogP) is 6.86. The number of rotatable bonds is 6. The van der Waals surface area contributed by atoms with Crippen LogP contribution in [0.1, 0.15) is 37.8 Å². The Morgan fingerprint density at radius 1 is 1.15 bits per heavy atom. The molecule has 4 rings (SSSR count). The number of fused-ring (bicyclic) bond motifs is 1. The number of benzene rings is 2. The van der Waals surface area contributed by atoms with Crippen molar-refractivity contribution in [1.82, 2.24) is 9.97 Å². The number of H-pyrrole nitrogens is 1. The summed E-state index contributed by atoms with van der Waals surface area (Å²) in [6.07, 6.45) is 0. The average molecular weight is 498 g/mol. The van der Waals surface area contributed by atoms with Crippen molar-refractivity contribution in [2.75, 3.05) is 5.32 Å². The number of aromatic amines is 1. The van der Waals surface area contributed by atoms with Crippen LogP contribution in [0.15, 0.2) is 57.8 Å². The molecule has 0 saturated carbocycles. The molecule has 33 heavy (non-hydrogen) atoms. The number of halogens is 1. The monoisotopic (exact) mass is 497 g/mol. The highest BCUT2D eigenvalue weighted by atomic mass is 35.5. The fourth-order valence-electron chi connectivity index (χ4n) is 3.44. The van der Waals surface area contributed by atoms with Crippen LogP contribution in [0.5, 0.6) is 0 Å². The summed E-state index contributed by atoms with van der Waals surface area (Å²) in [5.74, 6) is 0.259. The highest BCUT2D eigenvalue weighted by molar-refractivity contribution is 8.00. The van der Waals surface area contributed by atoms with Crippen molar-refractivity contribution in [3.8, 4) is 11.1 Å². The number of thiophene rings is 1. The highest BCUT2D eigenvalue weighted by Crippen LogP contribution is 2.33. The quantitative estimate of drug-likeness (QED) is 0.225. The topological polar surface area (TPSA) is 74.8 Å². The van der Waals surface area contributed by atoms with Gasteiger partial charge in [0.1, 0.15) is 4.83 Å². The molecule has 1 atom stereocenters. The fraction of sp³-hybridized carbons (Fsp3) is 0.240. The molecule has 8 heteroatoms. The standard InChI is InChI=1S/C25H24ClN3O2S2/c1-13(2)16-8-10-17(11-9-16)18-12-32-24-21(18)23(31)28-25(29-24)33-15(4)22(30)27-20-7-5-6-19(26)14(20)3/h5-13,15H,1-4H3,(H,27,30)(H,28,29,31). The Morgan fingerprint density at radius 2 is 1.88 bits per heavy atom. The molecule has 0 aliphatic carbocycles. The van der Waals surface area contributed by atoms with Gasteiger partial charge in [-0.15, -0.1) is 11.3 Å². The molecule has 0 aliphatic heterocycles. The average Bonchev–Trinajstić information content (AvgIpc) is 3.21. The SMILES string of the molecule is Cc1c(Cl)cccc1NC(=O)C(C)Sc1nc2scc(-c3ccc(C(C)C)cc3)c2c(=O)[nH]1. The van der Waals surface area contributed by atoms with E-state index < -0.39 is 5.25 Å². The first-order chi connectivity index (χ1) is 15.7. The first kappa shape index (κ1) is 23.5. The molecule has 0 fully saturated rings. The van der Waals surface area contributed by atoms with Gasteiger partial charge in [0.25, 0.3) is 5.56 Å². The molecular weight excluding hydrogens is 474 g/mol. The maximum atomic E-state index is 12.9. The minimum absolute atomic E-state index is 0.190. The van der Waals surface area contributed by atoms with Crippen molar-refractivity contribution in [3.05, 3.63) is 74.3 Å². The lowest BCUT2D eigenvalue weighted by atomic mass is 9.99. The summed E-state index contributed by atoms with van der Waals surface area (Å²) in [4.78, 5) is 33.8. The van der Waals surface area contributed by atoms with Crippen molar-refractivity contribution in [2.45, 2.75) is 44.0 Å². The Kier molecular flexibility index (Phi) is 6.93. The van der Waals surface area contributed by atoms with Crippen molar-refractivity contribution in [1.29, 1.82) is 0 Å². The molecule has 0 saturated heterocycles. The smallest absolute Gasteiger partial charge is 0.260 e. The number of carbonyl (C=O) groups excluding carboxylic acids is 1. The van der Waals surface area contributed by atoms with Crippen LogP contribution in [0.25, 0.3) is 21.3 Å². The van der Waals surface area contributed by atoms with Crippen LogP contribution in [0.4, 0.5) is 5.69 Å². The molecule has 170 valence electrons. The number of hydrogen-bond acceptors (Lipinski definition) is 5. The molecule has 0 bridgehead atoms. The summed E-state index contributed by atoms with van der Waals surface area (Å²) in [5.41, 5.74) is 4.39. The zero-order valence-electron chi connectivity index (χ0n) is 18.7. The largest absolute Gasteiger partial charge is 0.325 e. The van der Waals surface area contributed by atoms with Crippen molar-refractivity contribution in [3.63, 3.8) is 0 Å². The molecular formula is C25H24ClN3O2S2. The van der Waals surface area contributed by atoms with Gasteiger partial charge in [-0.3, -0.25) is 9.59 Å². The van der Waals surface area contributed by atoms with Gasteiger partial charge in [0.15, 0.2) is 5.16 Å². The van der Waals surface area contributed by atoms with Crippen molar-refractivity contribution < 1.29 is 4.79 Å². The summed E-state index contributed by atoms with van der Waals surface area (Å²) in [6.45, 7) is 7.94. The van der Waals surface area contributed by atoms with Crippen molar-refractivity contribution in [2.24, 2.45) is 0 Å². The van der Waals surface area contributed by atoms with E-state index in [0.717, 1.165) is 16.7 Å². The molecule has 4 aromatic rings. The number of nitrogens with zero attached hydrogens (tertiary/aromatic N) is 1. The molecule has 5 nitrogen and oxygen atoms in total. The van der Waals surface area contributed by atoms with Gasteiger partial charge < -0.3 is 10.3 Å². The zero-order valence-corrected chi connectivity index (χ0v) is 21.1. The third kappa shape index (κ3) is 5.00. The Balaban J connectivity index is 1.55. The van der Waals surface area contributed by atoms with Crippen LogP contribution in [0.3, 0.4) is 0 Å². The van der Waals surface area contributed by atoms with E-state index in [1.54, 1.807) is 19.1 Å². The number of hydrogen-bond donors (Lipinski definition) is 2. The molecule has 0 spiro atoms. The second kappa shape index (κ2) is 9.71. The lowest BCUT2D eigenvalue weighted by molar-refractivity contribution is -0.115. The van der Waals surface area contributed by atoms with Gasteiger partial charge in [0.2, 0.25) is 5.91 Å². The number of thioether (sulfide) groups is 1. The fourth-order valence-corrected chi connectivity index (χ4v) is 5.42. The maximum Gasteiger partial charge on any atom is 0.260 e. The molecule has 0 aliphatic rings. The summed E-state index contributed by atoms with van der Waals surface area (Å²) in [6, 6.07) is 13.7. The first-order valence-corrected chi connectivity index (χ1v) is 12.7. The van der Waals surface area contributed by atoms with E-state index in [2.05, 4.69) is 41.3 Å². The second-order valence-corrected chi connectivity index (χ2v) is 10.7. The van der Waals surface area contributed by atoms with E-state index in [4.69, 9.17) is 11.6 Å². The minimum Gasteiger partial charge on any atom is -0.325 e. The Hall–Kier alpha value is -2.61. The molecule has 1 amide bonds. The number of nitrogens with one attached hydrogen (secondary N) is 2. The molecule has 2 N–H and O–H groups in total.